The van der Waals surface area contributed by atoms with Gasteiger partial charge in [0.2, 0.25) is 15.9 Å². The molecule has 2 aliphatic rings. The molecule has 3 N–H and O–H groups in total. The van der Waals surface area contributed by atoms with E-state index in [2.05, 4.69) is 4.72 Å². The van der Waals surface area contributed by atoms with Crippen molar-refractivity contribution in [3.63, 3.8) is 0 Å². The number of piperidine rings is 1. The van der Waals surface area contributed by atoms with E-state index in [-0.39, 0.29) is 18.5 Å². The highest BCUT2D eigenvalue weighted by Crippen LogP contribution is 2.23. The Labute approximate surface area is 154 Å². The summed E-state index contributed by atoms with van der Waals surface area (Å²) < 4.78 is 28.2. The first-order valence-corrected chi connectivity index (χ1v) is 10.6. The molecule has 1 unspecified atom stereocenters. The maximum Gasteiger partial charge on any atom is 0.253 e. The molecule has 0 aromatic heterocycles. The maximum atomic E-state index is 12.7. The molecule has 2 amide bonds. The van der Waals surface area contributed by atoms with E-state index in [1.54, 1.807) is 17.0 Å². The summed E-state index contributed by atoms with van der Waals surface area (Å²) in [4.78, 5) is 25.4. The van der Waals surface area contributed by atoms with Crippen LogP contribution in [0.3, 0.4) is 0 Å². The van der Waals surface area contributed by atoms with Gasteiger partial charge in [-0.2, -0.15) is 0 Å². The fourth-order valence-corrected chi connectivity index (χ4v) is 5.45. The van der Waals surface area contributed by atoms with Crippen LogP contribution in [0.5, 0.6) is 0 Å². The molecule has 1 atom stereocenters. The second-order valence-corrected chi connectivity index (χ2v) is 9.09. The first-order valence-electron chi connectivity index (χ1n) is 9.07. The highest BCUT2D eigenvalue weighted by molar-refractivity contribution is 7.90. The van der Waals surface area contributed by atoms with Gasteiger partial charge in [0.25, 0.3) is 5.91 Å². The van der Waals surface area contributed by atoms with Crippen LogP contribution in [-0.2, 0) is 10.0 Å². The smallest absolute Gasteiger partial charge is 0.253 e. The van der Waals surface area contributed by atoms with Gasteiger partial charge in [-0.3, -0.25) is 9.59 Å². The second-order valence-electron chi connectivity index (χ2n) is 7.10. The number of rotatable bonds is 5. The largest absolute Gasteiger partial charge is 0.366 e. The van der Waals surface area contributed by atoms with Crippen LogP contribution in [0.1, 0.15) is 59.2 Å². The molecule has 1 saturated carbocycles. The van der Waals surface area contributed by atoms with Crippen molar-refractivity contribution in [3.8, 4) is 0 Å². The molecule has 1 aliphatic heterocycles. The van der Waals surface area contributed by atoms with Crippen LogP contribution in [0.4, 0.5) is 0 Å². The average molecular weight is 379 g/mol. The van der Waals surface area contributed by atoms with Crippen LogP contribution in [0.15, 0.2) is 24.3 Å². The lowest BCUT2D eigenvalue weighted by molar-refractivity contribution is 0.0726. The molecule has 1 saturated heterocycles. The number of likely N-dealkylation sites (tertiary alicyclic amines) is 1. The molecule has 2 fully saturated rings. The summed E-state index contributed by atoms with van der Waals surface area (Å²) in [7, 11) is -3.44. The first-order chi connectivity index (χ1) is 12.4. The van der Waals surface area contributed by atoms with E-state index in [1.165, 1.54) is 12.1 Å². The van der Waals surface area contributed by atoms with E-state index in [1.807, 2.05) is 0 Å². The predicted octanol–water partition coefficient (Wildman–Crippen LogP) is 1.25. The van der Waals surface area contributed by atoms with Crippen LogP contribution in [0, 0.1) is 0 Å². The highest BCUT2D eigenvalue weighted by atomic mass is 32.2. The van der Waals surface area contributed by atoms with E-state index in [4.69, 9.17) is 5.73 Å². The van der Waals surface area contributed by atoms with E-state index >= 15 is 0 Å². The van der Waals surface area contributed by atoms with Crippen molar-refractivity contribution in [1.29, 1.82) is 0 Å². The quantitative estimate of drug-likeness (QED) is 0.802. The molecule has 26 heavy (non-hydrogen) atoms. The number of hydrogen-bond donors (Lipinski definition) is 2. The standard InChI is InChI=1S/C18H25N3O4S/c19-17(22)13-7-9-14(10-8-13)18(23)21-11-3-6-16(12-21)26(24,25)20-15-4-1-2-5-15/h7-10,15-16,20H,1-6,11-12H2,(H2,19,22). The van der Waals surface area contributed by atoms with Crippen molar-refractivity contribution in [2.45, 2.75) is 49.8 Å². The highest BCUT2D eigenvalue weighted by Gasteiger charge is 2.34. The van der Waals surface area contributed by atoms with Gasteiger partial charge in [-0.05, 0) is 49.9 Å². The number of carbonyl (C=O) groups excluding carboxylic acids is 2. The van der Waals surface area contributed by atoms with E-state index in [9.17, 15) is 18.0 Å². The summed E-state index contributed by atoms with van der Waals surface area (Å²) in [6.45, 7) is 0.726. The number of nitrogens with one attached hydrogen (secondary N) is 1. The number of amides is 2. The van der Waals surface area contributed by atoms with Gasteiger partial charge < -0.3 is 10.6 Å². The molecular formula is C18H25N3O4S. The number of nitrogens with zero attached hydrogens (tertiary/aromatic N) is 1. The number of benzene rings is 1. The lowest BCUT2D eigenvalue weighted by atomic mass is 10.1. The Hall–Kier alpha value is -1.93. The minimum Gasteiger partial charge on any atom is -0.366 e. The summed E-state index contributed by atoms with van der Waals surface area (Å²) in [6, 6.07) is 6.16. The Morgan fingerprint density at radius 1 is 1.00 bits per heavy atom. The Kier molecular flexibility index (Phi) is 5.62. The number of hydrogen-bond acceptors (Lipinski definition) is 4. The molecule has 0 bridgehead atoms. The van der Waals surface area contributed by atoms with Crippen LogP contribution >= 0.6 is 0 Å². The van der Waals surface area contributed by atoms with Gasteiger partial charge >= 0.3 is 0 Å². The zero-order chi connectivity index (χ0) is 18.7. The summed E-state index contributed by atoms with van der Waals surface area (Å²) in [6.07, 6.45) is 5.11. The van der Waals surface area contributed by atoms with E-state index < -0.39 is 21.2 Å². The average Bonchev–Trinajstić information content (AvgIpc) is 3.13. The van der Waals surface area contributed by atoms with Gasteiger partial charge in [0, 0.05) is 30.3 Å². The molecule has 7 nitrogen and oxygen atoms in total. The lowest BCUT2D eigenvalue weighted by Gasteiger charge is -2.33. The van der Waals surface area contributed by atoms with Crippen molar-refractivity contribution >= 4 is 21.8 Å². The molecule has 1 aromatic rings. The van der Waals surface area contributed by atoms with Crippen molar-refractivity contribution in [3.05, 3.63) is 35.4 Å². The third kappa shape index (κ3) is 4.24. The second kappa shape index (κ2) is 7.75. The third-order valence-corrected chi connectivity index (χ3v) is 7.13. The predicted molar refractivity (Wildman–Crippen MR) is 98.2 cm³/mol. The Morgan fingerprint density at radius 2 is 1.62 bits per heavy atom. The molecule has 3 rings (SSSR count). The van der Waals surface area contributed by atoms with Crippen molar-refractivity contribution in [1.82, 2.24) is 9.62 Å². The molecule has 8 heteroatoms. The maximum absolute atomic E-state index is 12.7. The fourth-order valence-electron chi connectivity index (χ4n) is 3.71. The normalized spacial score (nSPS) is 21.7. The summed E-state index contributed by atoms with van der Waals surface area (Å²) in [5.41, 5.74) is 5.97. The number of sulfonamides is 1. The molecule has 1 heterocycles. The van der Waals surface area contributed by atoms with Crippen LogP contribution in [-0.4, -0.2) is 49.5 Å². The van der Waals surface area contributed by atoms with Crippen LogP contribution in [0.2, 0.25) is 0 Å². The molecule has 0 spiro atoms. The van der Waals surface area contributed by atoms with Gasteiger partial charge in [0.1, 0.15) is 0 Å². The topological polar surface area (TPSA) is 110 Å². The number of primary amides is 1. The molecule has 1 aliphatic carbocycles. The zero-order valence-corrected chi connectivity index (χ0v) is 15.5. The van der Waals surface area contributed by atoms with Gasteiger partial charge in [-0.15, -0.1) is 0 Å². The number of carbonyl (C=O) groups is 2. The minimum absolute atomic E-state index is 0.0347. The Balaban J connectivity index is 1.67. The monoisotopic (exact) mass is 379 g/mol. The molecular weight excluding hydrogens is 354 g/mol. The van der Waals surface area contributed by atoms with Gasteiger partial charge in [0.05, 0.1) is 5.25 Å². The molecule has 1 aromatic carbocycles. The zero-order valence-electron chi connectivity index (χ0n) is 14.7. The van der Waals surface area contributed by atoms with Crippen molar-refractivity contribution in [2.75, 3.05) is 13.1 Å². The molecule has 142 valence electrons. The third-order valence-electron chi connectivity index (χ3n) is 5.21. The minimum atomic E-state index is -3.44. The molecule has 0 radical (unpaired) electrons. The Bertz CT molecular complexity index is 770. The van der Waals surface area contributed by atoms with Gasteiger partial charge in [0.15, 0.2) is 0 Å². The van der Waals surface area contributed by atoms with Gasteiger partial charge in [-0.1, -0.05) is 12.8 Å². The lowest BCUT2D eigenvalue weighted by Crippen LogP contribution is -2.49. The Morgan fingerprint density at radius 3 is 2.23 bits per heavy atom. The van der Waals surface area contributed by atoms with Crippen LogP contribution < -0.4 is 10.5 Å². The van der Waals surface area contributed by atoms with Crippen molar-refractivity contribution < 1.29 is 18.0 Å². The SMILES string of the molecule is NC(=O)c1ccc(C(=O)N2CCCC(S(=O)(=O)NC3CCCC3)C2)cc1. The van der Waals surface area contributed by atoms with E-state index in [0.29, 0.717) is 30.5 Å². The van der Waals surface area contributed by atoms with E-state index in [0.717, 1.165) is 25.7 Å². The summed E-state index contributed by atoms with van der Waals surface area (Å²) in [5.74, 6) is -0.770. The van der Waals surface area contributed by atoms with Crippen LogP contribution in [0.25, 0.3) is 0 Å². The fraction of sp³-hybridized carbons (Fsp3) is 0.556. The first kappa shape index (κ1) is 18.8. The van der Waals surface area contributed by atoms with Crippen molar-refractivity contribution in [2.24, 2.45) is 5.73 Å². The van der Waals surface area contributed by atoms with Gasteiger partial charge in [-0.25, -0.2) is 13.1 Å². The summed E-state index contributed by atoms with van der Waals surface area (Å²) in [5, 5.41) is -0.578. The number of nitrogens with two attached hydrogens (primary N) is 1. The summed E-state index contributed by atoms with van der Waals surface area (Å²) >= 11 is 0.